The van der Waals surface area contributed by atoms with Crippen LogP contribution in [0.1, 0.15) is 47.5 Å². The monoisotopic (exact) mass is 258 g/mol. The molecule has 18 heavy (non-hydrogen) atoms. The zero-order chi connectivity index (χ0) is 13.8. The van der Waals surface area contributed by atoms with Crippen molar-refractivity contribution in [1.82, 2.24) is 10.2 Å². The molecule has 0 bridgehead atoms. The lowest BCUT2D eigenvalue weighted by Crippen LogP contribution is -2.60. The Bertz CT molecular complexity index is 235. The minimum absolute atomic E-state index is 0.196. The molecule has 1 aliphatic rings. The molecule has 1 aliphatic heterocycles. The van der Waals surface area contributed by atoms with E-state index < -0.39 is 0 Å². The number of halogens is 1. The van der Waals surface area contributed by atoms with Gasteiger partial charge in [-0.1, -0.05) is 34.6 Å². The normalized spacial score (nSPS) is 26.8. The van der Waals surface area contributed by atoms with Crippen molar-refractivity contribution in [1.29, 1.82) is 0 Å². The van der Waals surface area contributed by atoms with Crippen LogP contribution >= 0.6 is 0 Å². The van der Waals surface area contributed by atoms with Crippen molar-refractivity contribution in [2.24, 2.45) is 11.3 Å². The topological polar surface area (TPSA) is 15.3 Å². The third-order valence-electron chi connectivity index (χ3n) is 3.90. The van der Waals surface area contributed by atoms with Gasteiger partial charge in [-0.25, -0.2) is 0 Å². The summed E-state index contributed by atoms with van der Waals surface area (Å²) in [5.74, 6) is 0.705. The number of rotatable bonds is 5. The Labute approximate surface area is 112 Å². The van der Waals surface area contributed by atoms with Crippen LogP contribution in [0.5, 0.6) is 0 Å². The van der Waals surface area contributed by atoms with E-state index in [1.165, 1.54) is 6.42 Å². The van der Waals surface area contributed by atoms with Gasteiger partial charge in [-0.15, -0.1) is 0 Å². The number of hydrogen-bond acceptors (Lipinski definition) is 2. The number of nitrogens with one attached hydrogen (secondary N) is 1. The van der Waals surface area contributed by atoms with Crippen molar-refractivity contribution in [3.63, 3.8) is 0 Å². The highest BCUT2D eigenvalue weighted by Crippen LogP contribution is 2.25. The smallest absolute Gasteiger partial charge is 0.0906 e. The predicted octanol–water partition coefficient (Wildman–Crippen LogP) is 3.08. The Morgan fingerprint density at radius 1 is 1.33 bits per heavy atom. The van der Waals surface area contributed by atoms with E-state index >= 15 is 0 Å². The maximum Gasteiger partial charge on any atom is 0.0906 e. The summed E-state index contributed by atoms with van der Waals surface area (Å²) >= 11 is 0. The van der Waals surface area contributed by atoms with E-state index in [4.69, 9.17) is 0 Å². The first-order valence-electron chi connectivity index (χ1n) is 7.38. The molecule has 2 nitrogen and oxygen atoms in total. The number of nitrogens with zero attached hydrogens (tertiary/aromatic N) is 1. The lowest BCUT2D eigenvalue weighted by Gasteiger charge is -2.45. The molecule has 3 heteroatoms. The fraction of sp³-hybridized carbons (Fsp3) is 1.00. The molecule has 108 valence electrons. The van der Waals surface area contributed by atoms with Crippen molar-refractivity contribution in [2.45, 2.75) is 59.5 Å². The van der Waals surface area contributed by atoms with Gasteiger partial charge in [0.25, 0.3) is 0 Å². The van der Waals surface area contributed by atoms with Crippen LogP contribution in [0.25, 0.3) is 0 Å². The van der Waals surface area contributed by atoms with Gasteiger partial charge in [-0.05, 0) is 24.2 Å². The van der Waals surface area contributed by atoms with E-state index in [-0.39, 0.29) is 12.1 Å². The second kappa shape index (κ2) is 6.85. The fourth-order valence-corrected chi connectivity index (χ4v) is 2.75. The van der Waals surface area contributed by atoms with Crippen LogP contribution in [0, 0.1) is 11.3 Å². The Balaban J connectivity index is 2.60. The largest absolute Gasteiger partial charge is 0.311 e. The summed E-state index contributed by atoms with van der Waals surface area (Å²) in [6.45, 7) is 14.2. The fourth-order valence-electron chi connectivity index (χ4n) is 2.75. The van der Waals surface area contributed by atoms with Crippen molar-refractivity contribution in [3.8, 4) is 0 Å². The Hall–Kier alpha value is -0.150. The summed E-state index contributed by atoms with van der Waals surface area (Å²) in [7, 11) is 0. The summed E-state index contributed by atoms with van der Waals surface area (Å²) in [6.07, 6.45) is 1.88. The molecule has 1 fully saturated rings. The zero-order valence-electron chi connectivity index (χ0n) is 12.8. The van der Waals surface area contributed by atoms with E-state index in [0.717, 1.165) is 19.6 Å². The third kappa shape index (κ3) is 4.85. The van der Waals surface area contributed by atoms with Crippen LogP contribution in [0.2, 0.25) is 0 Å². The summed E-state index contributed by atoms with van der Waals surface area (Å²) < 4.78 is 12.4. The van der Waals surface area contributed by atoms with E-state index in [0.29, 0.717) is 24.4 Å². The molecule has 1 N–H and O–H groups in total. The van der Waals surface area contributed by atoms with Crippen molar-refractivity contribution in [3.05, 3.63) is 0 Å². The standard InChI is InChI=1S/C15H31FN2/c1-12(2)9-13-10-17-14(15(3,4)5)11-18(13)8-6-7-16/h12-14,17H,6-11H2,1-5H3. The van der Waals surface area contributed by atoms with Gasteiger partial charge in [-0.3, -0.25) is 9.29 Å². The maximum atomic E-state index is 12.4. The molecule has 1 heterocycles. The van der Waals surface area contributed by atoms with E-state index in [1.54, 1.807) is 0 Å². The Morgan fingerprint density at radius 3 is 2.50 bits per heavy atom. The lowest BCUT2D eigenvalue weighted by atomic mass is 9.84. The van der Waals surface area contributed by atoms with Gasteiger partial charge in [0.15, 0.2) is 0 Å². The molecule has 1 saturated heterocycles. The quantitative estimate of drug-likeness (QED) is 0.815. The number of piperazine rings is 1. The highest BCUT2D eigenvalue weighted by molar-refractivity contribution is 4.92. The van der Waals surface area contributed by atoms with Crippen LogP contribution in [0.4, 0.5) is 4.39 Å². The third-order valence-corrected chi connectivity index (χ3v) is 3.90. The average Bonchev–Trinajstić information content (AvgIpc) is 2.25. The van der Waals surface area contributed by atoms with Gasteiger partial charge in [0.2, 0.25) is 0 Å². The minimum atomic E-state index is -0.196. The molecule has 1 rings (SSSR count). The van der Waals surface area contributed by atoms with Gasteiger partial charge < -0.3 is 5.32 Å². The van der Waals surface area contributed by atoms with Gasteiger partial charge in [-0.2, -0.15) is 0 Å². The molecular weight excluding hydrogens is 227 g/mol. The summed E-state index contributed by atoms with van der Waals surface area (Å²) in [6, 6.07) is 1.09. The van der Waals surface area contributed by atoms with Gasteiger partial charge in [0, 0.05) is 31.7 Å². The highest BCUT2D eigenvalue weighted by Gasteiger charge is 2.33. The van der Waals surface area contributed by atoms with E-state index in [1.807, 2.05) is 0 Å². The summed E-state index contributed by atoms with van der Waals surface area (Å²) in [4.78, 5) is 2.51. The van der Waals surface area contributed by atoms with Gasteiger partial charge in [0.1, 0.15) is 0 Å². The van der Waals surface area contributed by atoms with E-state index in [9.17, 15) is 4.39 Å². The average molecular weight is 258 g/mol. The molecule has 0 aromatic carbocycles. The molecule has 0 aromatic heterocycles. The highest BCUT2D eigenvalue weighted by atomic mass is 19.1. The Morgan fingerprint density at radius 2 is 2.00 bits per heavy atom. The molecular formula is C15H31FN2. The van der Waals surface area contributed by atoms with Crippen molar-refractivity contribution in [2.75, 3.05) is 26.3 Å². The van der Waals surface area contributed by atoms with E-state index in [2.05, 4.69) is 44.8 Å². The molecule has 2 unspecified atom stereocenters. The second-order valence-electron chi connectivity index (χ2n) is 7.15. The first kappa shape index (κ1) is 15.9. The van der Waals surface area contributed by atoms with Crippen LogP contribution in [-0.4, -0.2) is 43.3 Å². The second-order valence-corrected chi connectivity index (χ2v) is 7.15. The van der Waals surface area contributed by atoms with Crippen LogP contribution in [0.15, 0.2) is 0 Å². The van der Waals surface area contributed by atoms with Crippen LogP contribution < -0.4 is 5.32 Å². The number of hydrogen-bond donors (Lipinski definition) is 1. The number of alkyl halides is 1. The SMILES string of the molecule is CC(C)CC1CNC(C(C)(C)C)CN1CCCF. The zero-order valence-corrected chi connectivity index (χ0v) is 12.8. The van der Waals surface area contributed by atoms with Crippen LogP contribution in [0.3, 0.4) is 0 Å². The molecule has 0 aromatic rings. The van der Waals surface area contributed by atoms with Crippen LogP contribution in [-0.2, 0) is 0 Å². The first-order chi connectivity index (χ1) is 8.34. The summed E-state index contributed by atoms with van der Waals surface area (Å²) in [5, 5.41) is 3.69. The molecule has 0 radical (unpaired) electrons. The minimum Gasteiger partial charge on any atom is -0.311 e. The summed E-state index contributed by atoms with van der Waals surface area (Å²) in [5.41, 5.74) is 0.275. The molecule has 0 saturated carbocycles. The Kier molecular flexibility index (Phi) is 6.06. The maximum absolute atomic E-state index is 12.4. The molecule has 2 atom stereocenters. The van der Waals surface area contributed by atoms with Crippen molar-refractivity contribution >= 4 is 0 Å². The first-order valence-corrected chi connectivity index (χ1v) is 7.38. The predicted molar refractivity (Wildman–Crippen MR) is 76.7 cm³/mol. The lowest BCUT2D eigenvalue weighted by molar-refractivity contribution is 0.0726. The van der Waals surface area contributed by atoms with Gasteiger partial charge in [0.05, 0.1) is 6.67 Å². The van der Waals surface area contributed by atoms with Crippen molar-refractivity contribution < 1.29 is 4.39 Å². The molecule has 0 aliphatic carbocycles. The molecule has 0 amide bonds. The molecule has 0 spiro atoms. The van der Waals surface area contributed by atoms with Gasteiger partial charge >= 0.3 is 0 Å².